The summed E-state index contributed by atoms with van der Waals surface area (Å²) >= 11 is 0. The number of carbonyl (C=O) groups excluding carboxylic acids is 2. The maximum atomic E-state index is 12.6. The third-order valence-corrected chi connectivity index (χ3v) is 4.26. The van der Waals surface area contributed by atoms with Gasteiger partial charge in [-0.1, -0.05) is 48.5 Å². The van der Waals surface area contributed by atoms with E-state index in [-0.39, 0.29) is 11.1 Å². The number of rotatable bonds is 3. The Hall–Kier alpha value is -3.14. The van der Waals surface area contributed by atoms with Gasteiger partial charge in [0.1, 0.15) is 0 Å². The van der Waals surface area contributed by atoms with E-state index in [2.05, 4.69) is 0 Å². The van der Waals surface area contributed by atoms with Crippen molar-refractivity contribution in [2.45, 2.75) is 6.92 Å². The van der Waals surface area contributed by atoms with E-state index < -0.39 is 11.9 Å². The van der Waals surface area contributed by atoms with E-state index >= 15 is 0 Å². The Kier molecular flexibility index (Phi) is 4.52. The van der Waals surface area contributed by atoms with E-state index in [1.54, 1.807) is 6.07 Å². The molecule has 0 aliphatic heterocycles. The molecule has 0 saturated carbocycles. The van der Waals surface area contributed by atoms with Crippen LogP contribution in [0.25, 0.3) is 21.9 Å². The third-order valence-electron chi connectivity index (χ3n) is 4.26. The third kappa shape index (κ3) is 2.87. The van der Waals surface area contributed by atoms with Crippen LogP contribution in [-0.2, 0) is 9.47 Å². The average Bonchev–Trinajstić information content (AvgIpc) is 2.65. The van der Waals surface area contributed by atoms with Gasteiger partial charge in [0.05, 0.1) is 25.3 Å². The van der Waals surface area contributed by atoms with Gasteiger partial charge in [-0.3, -0.25) is 0 Å². The second-order valence-corrected chi connectivity index (χ2v) is 5.69. The monoisotopic (exact) mass is 334 g/mol. The van der Waals surface area contributed by atoms with Crippen molar-refractivity contribution < 1.29 is 19.1 Å². The number of carbonyl (C=O) groups is 2. The standard InChI is InChI=1S/C21H18O4/c1-13-8-4-6-10-15(13)18-16-11-7-5-9-14(16)12-17(20(22)24-2)19(18)21(23)25-3/h4-12H,1-3H3. The summed E-state index contributed by atoms with van der Waals surface area (Å²) in [6.07, 6.45) is 0. The predicted molar refractivity (Wildman–Crippen MR) is 96.8 cm³/mol. The molecule has 0 saturated heterocycles. The number of methoxy groups -OCH3 is 2. The lowest BCUT2D eigenvalue weighted by Gasteiger charge is -2.17. The molecule has 0 radical (unpaired) electrons. The summed E-state index contributed by atoms with van der Waals surface area (Å²) in [6.45, 7) is 1.97. The molecule has 0 heterocycles. The number of ether oxygens (including phenoxy) is 2. The van der Waals surface area contributed by atoms with Gasteiger partial charge >= 0.3 is 11.9 Å². The number of esters is 2. The van der Waals surface area contributed by atoms with Gasteiger partial charge in [-0.05, 0) is 34.9 Å². The Labute approximate surface area is 146 Å². The van der Waals surface area contributed by atoms with E-state index in [1.165, 1.54) is 14.2 Å². The molecule has 0 aliphatic carbocycles. The minimum absolute atomic E-state index is 0.200. The van der Waals surface area contributed by atoms with E-state index in [4.69, 9.17) is 9.47 Å². The first-order valence-corrected chi connectivity index (χ1v) is 7.87. The first kappa shape index (κ1) is 16.7. The second-order valence-electron chi connectivity index (χ2n) is 5.69. The van der Waals surface area contributed by atoms with Crippen molar-refractivity contribution in [3.05, 3.63) is 71.3 Å². The van der Waals surface area contributed by atoms with Crippen LogP contribution in [0.4, 0.5) is 0 Å². The molecule has 0 aromatic heterocycles. The van der Waals surface area contributed by atoms with Crippen molar-refractivity contribution in [2.24, 2.45) is 0 Å². The highest BCUT2D eigenvalue weighted by atomic mass is 16.5. The number of hydrogen-bond acceptors (Lipinski definition) is 4. The highest BCUT2D eigenvalue weighted by Gasteiger charge is 2.26. The van der Waals surface area contributed by atoms with Gasteiger partial charge < -0.3 is 9.47 Å². The van der Waals surface area contributed by atoms with Crippen LogP contribution in [0.3, 0.4) is 0 Å². The smallest absolute Gasteiger partial charge is 0.339 e. The molecule has 0 fully saturated rings. The summed E-state index contributed by atoms with van der Waals surface area (Å²) in [5.74, 6) is -1.13. The van der Waals surface area contributed by atoms with Gasteiger partial charge in [-0.2, -0.15) is 0 Å². The SMILES string of the molecule is COC(=O)c1cc2ccccc2c(-c2ccccc2C)c1C(=O)OC. The quantitative estimate of drug-likeness (QED) is 0.667. The van der Waals surface area contributed by atoms with Crippen molar-refractivity contribution in [2.75, 3.05) is 14.2 Å². The largest absolute Gasteiger partial charge is 0.465 e. The van der Waals surface area contributed by atoms with E-state index in [1.807, 2.05) is 55.5 Å². The van der Waals surface area contributed by atoms with Crippen molar-refractivity contribution >= 4 is 22.7 Å². The van der Waals surface area contributed by atoms with Crippen molar-refractivity contribution in [3.8, 4) is 11.1 Å². The van der Waals surface area contributed by atoms with Crippen LogP contribution in [-0.4, -0.2) is 26.2 Å². The zero-order chi connectivity index (χ0) is 18.0. The Morgan fingerprint density at radius 2 is 1.48 bits per heavy atom. The van der Waals surface area contributed by atoms with Crippen LogP contribution in [0.5, 0.6) is 0 Å². The molecule has 25 heavy (non-hydrogen) atoms. The van der Waals surface area contributed by atoms with Gasteiger partial charge in [0.25, 0.3) is 0 Å². The highest BCUT2D eigenvalue weighted by Crippen LogP contribution is 2.37. The van der Waals surface area contributed by atoms with E-state index in [9.17, 15) is 9.59 Å². The minimum Gasteiger partial charge on any atom is -0.465 e. The lowest BCUT2D eigenvalue weighted by Crippen LogP contribution is -2.14. The topological polar surface area (TPSA) is 52.6 Å². The fourth-order valence-corrected chi connectivity index (χ4v) is 3.07. The zero-order valence-electron chi connectivity index (χ0n) is 14.3. The molecule has 4 nitrogen and oxygen atoms in total. The van der Waals surface area contributed by atoms with Gasteiger partial charge in [0.2, 0.25) is 0 Å². The molecule has 126 valence electrons. The Morgan fingerprint density at radius 3 is 2.16 bits per heavy atom. The van der Waals surface area contributed by atoms with E-state index in [0.29, 0.717) is 5.56 Å². The lowest BCUT2D eigenvalue weighted by molar-refractivity contribution is 0.0556. The molecule has 4 heteroatoms. The van der Waals surface area contributed by atoms with Crippen LogP contribution >= 0.6 is 0 Å². The van der Waals surface area contributed by atoms with Crippen molar-refractivity contribution in [3.63, 3.8) is 0 Å². The summed E-state index contributed by atoms with van der Waals surface area (Å²) in [5, 5.41) is 1.73. The van der Waals surface area contributed by atoms with Crippen LogP contribution in [0.15, 0.2) is 54.6 Å². The number of benzene rings is 3. The molecule has 3 aromatic rings. The summed E-state index contributed by atoms with van der Waals surface area (Å²) in [7, 11) is 2.60. The molecule has 0 bridgehead atoms. The van der Waals surface area contributed by atoms with Crippen LogP contribution in [0.1, 0.15) is 26.3 Å². The number of hydrogen-bond donors (Lipinski definition) is 0. The number of fused-ring (bicyclic) bond motifs is 1. The molecule has 0 spiro atoms. The molecule has 3 rings (SSSR count). The fourth-order valence-electron chi connectivity index (χ4n) is 3.07. The molecular weight excluding hydrogens is 316 g/mol. The fraction of sp³-hybridized carbons (Fsp3) is 0.143. The first-order valence-electron chi connectivity index (χ1n) is 7.87. The summed E-state index contributed by atoms with van der Waals surface area (Å²) in [4.78, 5) is 24.9. The van der Waals surface area contributed by atoms with Gasteiger partial charge in [0, 0.05) is 5.56 Å². The Morgan fingerprint density at radius 1 is 0.840 bits per heavy atom. The molecular formula is C21H18O4. The van der Waals surface area contributed by atoms with Crippen molar-refractivity contribution in [1.29, 1.82) is 0 Å². The van der Waals surface area contributed by atoms with Crippen LogP contribution in [0, 0.1) is 6.92 Å². The van der Waals surface area contributed by atoms with Crippen LogP contribution in [0.2, 0.25) is 0 Å². The summed E-state index contributed by atoms with van der Waals surface area (Å²) in [6, 6.07) is 17.1. The zero-order valence-corrected chi connectivity index (χ0v) is 14.3. The first-order chi connectivity index (χ1) is 12.1. The van der Waals surface area contributed by atoms with Gasteiger partial charge in [0.15, 0.2) is 0 Å². The average molecular weight is 334 g/mol. The predicted octanol–water partition coefficient (Wildman–Crippen LogP) is 4.39. The van der Waals surface area contributed by atoms with Gasteiger partial charge in [-0.25, -0.2) is 9.59 Å². The van der Waals surface area contributed by atoms with Crippen LogP contribution < -0.4 is 0 Å². The normalized spacial score (nSPS) is 10.5. The number of aryl methyl sites for hydroxylation is 1. The molecule has 0 N–H and O–H groups in total. The molecule has 0 atom stereocenters. The van der Waals surface area contributed by atoms with Gasteiger partial charge in [-0.15, -0.1) is 0 Å². The minimum atomic E-state index is -0.569. The molecule has 0 unspecified atom stereocenters. The lowest BCUT2D eigenvalue weighted by atomic mass is 9.88. The maximum Gasteiger partial charge on any atom is 0.339 e. The van der Waals surface area contributed by atoms with E-state index in [0.717, 1.165) is 21.9 Å². The Bertz CT molecular complexity index is 973. The Balaban J connectivity index is 2.53. The van der Waals surface area contributed by atoms with Crippen molar-refractivity contribution in [1.82, 2.24) is 0 Å². The molecule has 0 aliphatic rings. The highest BCUT2D eigenvalue weighted by molar-refractivity contribution is 6.15. The maximum absolute atomic E-state index is 12.6. The molecule has 3 aromatic carbocycles. The summed E-state index contributed by atoms with van der Waals surface area (Å²) in [5.41, 5.74) is 2.99. The molecule has 0 amide bonds. The summed E-state index contributed by atoms with van der Waals surface area (Å²) < 4.78 is 9.87. The second kappa shape index (κ2) is 6.77.